The first-order chi connectivity index (χ1) is 13.1. The highest BCUT2D eigenvalue weighted by Gasteiger charge is 2.23. The monoisotopic (exact) mass is 371 g/mol. The van der Waals surface area contributed by atoms with Crippen LogP contribution in [-0.2, 0) is 13.1 Å². The van der Waals surface area contributed by atoms with Gasteiger partial charge in [0.25, 0.3) is 5.91 Å². The van der Waals surface area contributed by atoms with Crippen molar-refractivity contribution in [1.29, 1.82) is 0 Å². The third kappa shape index (κ3) is 5.06. The molecule has 27 heavy (non-hydrogen) atoms. The Morgan fingerprint density at radius 1 is 1.30 bits per heavy atom. The quantitative estimate of drug-likeness (QED) is 0.740. The molecular formula is C21H26FN3O2. The SMILES string of the molecule is C=C/C(=C\C)COc1cc2n(n1)CCN(C(=O)c1ccc(F)cc1)C2.CC. The van der Waals surface area contributed by atoms with Gasteiger partial charge in [0.2, 0.25) is 5.88 Å². The fourth-order valence-electron chi connectivity index (χ4n) is 2.68. The largest absolute Gasteiger partial charge is 0.472 e. The summed E-state index contributed by atoms with van der Waals surface area (Å²) in [6.07, 6.45) is 3.69. The van der Waals surface area contributed by atoms with E-state index in [-0.39, 0.29) is 11.7 Å². The summed E-state index contributed by atoms with van der Waals surface area (Å²) in [5.41, 5.74) is 2.38. The van der Waals surface area contributed by atoms with Crippen LogP contribution in [0.25, 0.3) is 0 Å². The summed E-state index contributed by atoms with van der Waals surface area (Å²) in [7, 11) is 0. The average molecular weight is 371 g/mol. The summed E-state index contributed by atoms with van der Waals surface area (Å²) in [5.74, 6) is 0.0696. The molecule has 1 aliphatic rings. The maximum Gasteiger partial charge on any atom is 0.254 e. The number of allylic oxidation sites excluding steroid dienone is 1. The Morgan fingerprint density at radius 2 is 2.00 bits per heavy atom. The van der Waals surface area contributed by atoms with Gasteiger partial charge in [-0.25, -0.2) is 4.39 Å². The molecule has 0 radical (unpaired) electrons. The highest BCUT2D eigenvalue weighted by atomic mass is 19.1. The number of halogens is 1. The molecule has 0 N–H and O–H groups in total. The molecule has 0 unspecified atom stereocenters. The van der Waals surface area contributed by atoms with Crippen LogP contribution in [-0.4, -0.2) is 33.7 Å². The van der Waals surface area contributed by atoms with E-state index in [0.29, 0.717) is 37.7 Å². The van der Waals surface area contributed by atoms with Crippen LogP contribution in [0.2, 0.25) is 0 Å². The van der Waals surface area contributed by atoms with Crippen molar-refractivity contribution < 1.29 is 13.9 Å². The van der Waals surface area contributed by atoms with Crippen LogP contribution in [0.15, 0.2) is 54.6 Å². The number of fused-ring (bicyclic) bond motifs is 1. The Morgan fingerprint density at radius 3 is 2.63 bits per heavy atom. The molecule has 3 rings (SSSR count). The van der Waals surface area contributed by atoms with Crippen molar-refractivity contribution in [2.45, 2.75) is 33.9 Å². The molecule has 1 aromatic carbocycles. The fourth-order valence-corrected chi connectivity index (χ4v) is 2.68. The molecule has 144 valence electrons. The van der Waals surface area contributed by atoms with Crippen molar-refractivity contribution in [2.75, 3.05) is 13.2 Å². The second kappa shape index (κ2) is 9.71. The van der Waals surface area contributed by atoms with Crippen LogP contribution in [0, 0.1) is 5.82 Å². The molecule has 0 bridgehead atoms. The number of hydrogen-bond acceptors (Lipinski definition) is 3. The number of carbonyl (C=O) groups excluding carboxylic acids is 1. The maximum absolute atomic E-state index is 13.0. The van der Waals surface area contributed by atoms with Crippen molar-refractivity contribution in [3.8, 4) is 5.88 Å². The zero-order chi connectivity index (χ0) is 19.8. The molecule has 0 atom stereocenters. The summed E-state index contributed by atoms with van der Waals surface area (Å²) in [6, 6.07) is 7.45. The lowest BCUT2D eigenvalue weighted by molar-refractivity contribution is 0.0706. The third-order valence-electron chi connectivity index (χ3n) is 4.17. The number of hydrogen-bond donors (Lipinski definition) is 0. The van der Waals surface area contributed by atoms with Crippen LogP contribution in [0.3, 0.4) is 0 Å². The normalized spacial score (nSPS) is 13.3. The van der Waals surface area contributed by atoms with Gasteiger partial charge >= 0.3 is 0 Å². The predicted molar refractivity (Wildman–Crippen MR) is 104 cm³/mol. The van der Waals surface area contributed by atoms with Crippen LogP contribution < -0.4 is 4.74 Å². The van der Waals surface area contributed by atoms with Gasteiger partial charge in [-0.3, -0.25) is 9.48 Å². The Balaban J connectivity index is 0.00000126. The minimum Gasteiger partial charge on any atom is -0.472 e. The van der Waals surface area contributed by atoms with E-state index < -0.39 is 0 Å². The highest BCUT2D eigenvalue weighted by Crippen LogP contribution is 2.20. The van der Waals surface area contributed by atoms with Crippen molar-refractivity contribution in [1.82, 2.24) is 14.7 Å². The summed E-state index contributed by atoms with van der Waals surface area (Å²) < 4.78 is 20.5. The summed E-state index contributed by atoms with van der Waals surface area (Å²) in [5, 5.41) is 4.41. The van der Waals surface area contributed by atoms with Crippen LogP contribution >= 0.6 is 0 Å². The van der Waals surface area contributed by atoms with Gasteiger partial charge in [-0.1, -0.05) is 32.6 Å². The maximum atomic E-state index is 13.0. The molecule has 1 aromatic heterocycles. The number of benzene rings is 1. The second-order valence-electron chi connectivity index (χ2n) is 5.79. The van der Waals surface area contributed by atoms with Gasteiger partial charge in [-0.05, 0) is 36.8 Å². The minimum absolute atomic E-state index is 0.113. The number of rotatable bonds is 5. The van der Waals surface area contributed by atoms with E-state index >= 15 is 0 Å². The van der Waals surface area contributed by atoms with E-state index in [4.69, 9.17) is 4.74 Å². The van der Waals surface area contributed by atoms with E-state index in [2.05, 4.69) is 11.7 Å². The Labute approximate surface area is 159 Å². The molecular weight excluding hydrogens is 345 g/mol. The van der Waals surface area contributed by atoms with Crippen LogP contribution in [0.4, 0.5) is 4.39 Å². The van der Waals surface area contributed by atoms with Crippen molar-refractivity contribution in [3.63, 3.8) is 0 Å². The first kappa shape index (κ1) is 20.4. The second-order valence-corrected chi connectivity index (χ2v) is 5.79. The Hall–Kier alpha value is -2.89. The number of ether oxygens (including phenoxy) is 1. The number of aromatic nitrogens is 2. The molecule has 0 saturated heterocycles. The minimum atomic E-state index is -0.352. The van der Waals surface area contributed by atoms with E-state index in [1.807, 2.05) is 37.6 Å². The Bertz CT molecular complexity index is 809. The van der Waals surface area contributed by atoms with Gasteiger partial charge in [0, 0.05) is 18.2 Å². The zero-order valence-electron chi connectivity index (χ0n) is 16.1. The molecule has 0 spiro atoms. The van der Waals surface area contributed by atoms with Crippen molar-refractivity contribution in [2.24, 2.45) is 0 Å². The van der Waals surface area contributed by atoms with E-state index in [9.17, 15) is 9.18 Å². The number of carbonyl (C=O) groups is 1. The van der Waals surface area contributed by atoms with Crippen molar-refractivity contribution >= 4 is 5.91 Å². The van der Waals surface area contributed by atoms with Crippen molar-refractivity contribution in [3.05, 3.63) is 71.7 Å². The first-order valence-corrected chi connectivity index (χ1v) is 9.12. The van der Waals surface area contributed by atoms with E-state index in [0.717, 1.165) is 11.3 Å². The van der Waals surface area contributed by atoms with Gasteiger partial charge in [-0.2, -0.15) is 0 Å². The standard InChI is InChI=1S/C19H20FN3O2.C2H6/c1-3-14(4-2)13-25-18-11-17-12-22(9-10-23(17)21-18)19(24)15-5-7-16(20)8-6-15;1-2/h3-8,11H,1,9-10,12-13H2,2H3;1-2H3/b14-4+;. The molecule has 1 amide bonds. The lowest BCUT2D eigenvalue weighted by Gasteiger charge is -2.27. The van der Waals surface area contributed by atoms with E-state index in [1.165, 1.54) is 24.3 Å². The fraction of sp³-hybridized carbons (Fsp3) is 0.333. The zero-order valence-corrected chi connectivity index (χ0v) is 16.1. The molecule has 0 fully saturated rings. The predicted octanol–water partition coefficient (Wildman–Crippen LogP) is 4.22. The third-order valence-corrected chi connectivity index (χ3v) is 4.17. The molecule has 0 saturated carbocycles. The summed E-state index contributed by atoms with van der Waals surface area (Å²) in [4.78, 5) is 14.3. The smallest absolute Gasteiger partial charge is 0.254 e. The van der Waals surface area contributed by atoms with Gasteiger partial charge in [0.05, 0.1) is 18.8 Å². The molecule has 1 aliphatic heterocycles. The molecule has 6 heteroatoms. The first-order valence-electron chi connectivity index (χ1n) is 9.12. The lowest BCUT2D eigenvalue weighted by atomic mass is 10.1. The van der Waals surface area contributed by atoms with Crippen LogP contribution in [0.1, 0.15) is 36.8 Å². The number of amides is 1. The molecule has 2 heterocycles. The highest BCUT2D eigenvalue weighted by molar-refractivity contribution is 5.94. The van der Waals surface area contributed by atoms with E-state index in [1.54, 1.807) is 11.0 Å². The Kier molecular flexibility index (Phi) is 7.34. The topological polar surface area (TPSA) is 47.4 Å². The number of nitrogens with zero attached hydrogens (tertiary/aromatic N) is 3. The average Bonchev–Trinajstić information content (AvgIpc) is 3.12. The van der Waals surface area contributed by atoms with Gasteiger partial charge in [-0.15, -0.1) is 5.10 Å². The van der Waals surface area contributed by atoms with Gasteiger partial charge < -0.3 is 9.64 Å². The molecule has 5 nitrogen and oxygen atoms in total. The molecule has 2 aromatic rings. The summed E-state index contributed by atoms with van der Waals surface area (Å²) >= 11 is 0. The van der Waals surface area contributed by atoms with Crippen LogP contribution in [0.5, 0.6) is 5.88 Å². The lowest BCUT2D eigenvalue weighted by Crippen LogP contribution is -2.38. The van der Waals surface area contributed by atoms with Gasteiger partial charge in [0.1, 0.15) is 12.4 Å². The summed E-state index contributed by atoms with van der Waals surface area (Å²) in [6.45, 7) is 11.7. The molecule has 0 aliphatic carbocycles. The van der Waals surface area contributed by atoms with Gasteiger partial charge in [0.15, 0.2) is 0 Å².